The molecule has 96 valence electrons. The summed E-state index contributed by atoms with van der Waals surface area (Å²) in [6.45, 7) is 0.930. The van der Waals surface area contributed by atoms with Crippen molar-refractivity contribution < 1.29 is 14.3 Å². The molecule has 1 aromatic carbocycles. The normalized spacial score (nSPS) is 14.7. The molecule has 0 radical (unpaired) electrons. The highest BCUT2D eigenvalue weighted by molar-refractivity contribution is 5.95. The average molecular weight is 248 g/mol. The number of carbonyl (C=O) groups is 2. The van der Waals surface area contributed by atoms with Crippen LogP contribution in [-0.2, 0) is 11.3 Å². The third-order valence-electron chi connectivity index (χ3n) is 2.92. The number of benzene rings is 1. The zero-order chi connectivity index (χ0) is 13.0. The highest BCUT2D eigenvalue weighted by Gasteiger charge is 2.25. The van der Waals surface area contributed by atoms with Gasteiger partial charge in [0.1, 0.15) is 5.75 Å². The molecule has 2 rings (SSSR count). The third-order valence-corrected chi connectivity index (χ3v) is 2.92. The van der Waals surface area contributed by atoms with Crippen molar-refractivity contribution in [2.45, 2.75) is 19.4 Å². The highest BCUT2D eigenvalue weighted by atomic mass is 16.5. The Bertz CT molecular complexity index is 442. The lowest BCUT2D eigenvalue weighted by Gasteiger charge is -2.14. The summed E-state index contributed by atoms with van der Waals surface area (Å²) in [5, 5.41) is 2.73. The van der Waals surface area contributed by atoms with Crippen LogP contribution in [0.5, 0.6) is 5.75 Å². The Balaban J connectivity index is 1.86. The van der Waals surface area contributed by atoms with Gasteiger partial charge in [0.2, 0.25) is 5.91 Å². The molecule has 1 aromatic rings. The molecule has 0 aromatic heterocycles. The van der Waals surface area contributed by atoms with Gasteiger partial charge in [-0.2, -0.15) is 0 Å². The van der Waals surface area contributed by atoms with Crippen LogP contribution >= 0.6 is 0 Å². The van der Waals surface area contributed by atoms with Crippen molar-refractivity contribution in [3.8, 4) is 5.75 Å². The van der Waals surface area contributed by atoms with Crippen molar-refractivity contribution in [2.75, 3.05) is 13.7 Å². The molecule has 0 atom stereocenters. The van der Waals surface area contributed by atoms with Gasteiger partial charge in [0.15, 0.2) is 0 Å². The minimum atomic E-state index is -0.312. The molecule has 5 heteroatoms. The maximum atomic E-state index is 11.7. The first-order valence-electron chi connectivity index (χ1n) is 5.92. The molecule has 18 heavy (non-hydrogen) atoms. The molecule has 3 amide bonds. The van der Waals surface area contributed by atoms with Crippen LogP contribution in [0.3, 0.4) is 0 Å². The molecule has 1 heterocycles. The fraction of sp³-hybridized carbons (Fsp3) is 0.385. The summed E-state index contributed by atoms with van der Waals surface area (Å²) in [4.78, 5) is 24.3. The van der Waals surface area contributed by atoms with E-state index < -0.39 is 0 Å². The highest BCUT2D eigenvalue weighted by Crippen LogP contribution is 2.12. The molecule has 0 aliphatic carbocycles. The van der Waals surface area contributed by atoms with E-state index in [0.717, 1.165) is 17.7 Å². The molecule has 0 spiro atoms. The topological polar surface area (TPSA) is 58.6 Å². The number of imide groups is 1. The van der Waals surface area contributed by atoms with Crippen LogP contribution in [0, 0.1) is 0 Å². The number of nitrogens with one attached hydrogen (secondary N) is 1. The van der Waals surface area contributed by atoms with Gasteiger partial charge in [-0.15, -0.1) is 0 Å². The predicted molar refractivity (Wildman–Crippen MR) is 66.2 cm³/mol. The monoisotopic (exact) mass is 248 g/mol. The van der Waals surface area contributed by atoms with Crippen LogP contribution < -0.4 is 10.1 Å². The number of urea groups is 1. The molecule has 1 fully saturated rings. The summed E-state index contributed by atoms with van der Waals surface area (Å²) in [7, 11) is 1.61. The number of likely N-dealkylation sites (tertiary alicyclic amines) is 1. The van der Waals surface area contributed by atoms with Crippen molar-refractivity contribution in [2.24, 2.45) is 0 Å². The lowest BCUT2D eigenvalue weighted by atomic mass is 10.2. The molecule has 1 N–H and O–H groups in total. The largest absolute Gasteiger partial charge is 0.497 e. The summed E-state index contributed by atoms with van der Waals surface area (Å²) in [5.41, 5.74) is 0.968. The number of hydrogen-bond acceptors (Lipinski definition) is 3. The Morgan fingerprint density at radius 1 is 1.39 bits per heavy atom. The second kappa shape index (κ2) is 5.53. The molecule has 0 bridgehead atoms. The molecular weight excluding hydrogens is 232 g/mol. The van der Waals surface area contributed by atoms with E-state index in [0.29, 0.717) is 19.5 Å². The number of amides is 3. The van der Waals surface area contributed by atoms with Crippen molar-refractivity contribution >= 4 is 11.9 Å². The smallest absolute Gasteiger partial charge is 0.324 e. The Hall–Kier alpha value is -2.04. The molecule has 0 saturated carbocycles. The van der Waals surface area contributed by atoms with Gasteiger partial charge in [0.25, 0.3) is 0 Å². The van der Waals surface area contributed by atoms with Gasteiger partial charge in [0.05, 0.1) is 7.11 Å². The van der Waals surface area contributed by atoms with Gasteiger partial charge in [-0.25, -0.2) is 4.79 Å². The van der Waals surface area contributed by atoms with Crippen molar-refractivity contribution in [3.63, 3.8) is 0 Å². The van der Waals surface area contributed by atoms with E-state index in [1.54, 1.807) is 7.11 Å². The summed E-state index contributed by atoms with van der Waals surface area (Å²) in [5.74, 6) is 0.682. The summed E-state index contributed by atoms with van der Waals surface area (Å²) in [6.07, 6.45) is 1.23. The predicted octanol–water partition coefficient (Wildman–Crippen LogP) is 1.53. The fourth-order valence-electron chi connectivity index (χ4n) is 1.88. The van der Waals surface area contributed by atoms with Crippen molar-refractivity contribution in [3.05, 3.63) is 29.8 Å². The van der Waals surface area contributed by atoms with Gasteiger partial charge >= 0.3 is 6.03 Å². The van der Waals surface area contributed by atoms with Gasteiger partial charge in [-0.1, -0.05) is 12.1 Å². The maximum absolute atomic E-state index is 11.7. The van der Waals surface area contributed by atoms with E-state index in [1.165, 1.54) is 4.90 Å². The molecule has 1 saturated heterocycles. The van der Waals surface area contributed by atoms with Gasteiger partial charge in [-0.05, 0) is 24.1 Å². The van der Waals surface area contributed by atoms with Gasteiger partial charge in [-0.3, -0.25) is 9.69 Å². The second-order valence-electron chi connectivity index (χ2n) is 4.16. The third kappa shape index (κ3) is 2.80. The number of nitrogens with zero attached hydrogens (tertiary/aromatic N) is 1. The SMILES string of the molecule is COc1ccc(CNC(=O)N2CCCC2=O)cc1. The first kappa shape index (κ1) is 12.4. The first-order valence-corrected chi connectivity index (χ1v) is 5.92. The number of methoxy groups -OCH3 is 1. The lowest BCUT2D eigenvalue weighted by molar-refractivity contribution is -0.125. The van der Waals surface area contributed by atoms with Crippen LogP contribution in [0.15, 0.2) is 24.3 Å². The van der Waals surface area contributed by atoms with E-state index in [1.807, 2.05) is 24.3 Å². The maximum Gasteiger partial charge on any atom is 0.324 e. The second-order valence-corrected chi connectivity index (χ2v) is 4.16. The standard InChI is InChI=1S/C13H16N2O3/c1-18-11-6-4-10(5-7-11)9-14-13(17)15-8-2-3-12(15)16/h4-7H,2-3,8-9H2,1H3,(H,14,17). The quantitative estimate of drug-likeness (QED) is 0.882. The number of rotatable bonds is 3. The van der Waals surface area contributed by atoms with Crippen LogP contribution in [0.25, 0.3) is 0 Å². The summed E-state index contributed by atoms with van der Waals surface area (Å²) >= 11 is 0. The van der Waals surface area contributed by atoms with E-state index in [4.69, 9.17) is 4.74 Å². The Kier molecular flexibility index (Phi) is 3.82. The minimum absolute atomic E-state index is 0.0952. The molecule has 1 aliphatic rings. The van der Waals surface area contributed by atoms with Crippen molar-refractivity contribution in [1.82, 2.24) is 10.2 Å². The van der Waals surface area contributed by atoms with Crippen LogP contribution in [0.4, 0.5) is 4.79 Å². The minimum Gasteiger partial charge on any atom is -0.497 e. The summed E-state index contributed by atoms with van der Waals surface area (Å²) in [6, 6.07) is 7.12. The van der Waals surface area contributed by atoms with E-state index in [-0.39, 0.29) is 11.9 Å². The first-order chi connectivity index (χ1) is 8.70. The Morgan fingerprint density at radius 3 is 2.67 bits per heavy atom. The molecule has 0 unspecified atom stereocenters. The molecule has 5 nitrogen and oxygen atoms in total. The zero-order valence-corrected chi connectivity index (χ0v) is 10.3. The Labute approximate surface area is 106 Å². The van der Waals surface area contributed by atoms with E-state index >= 15 is 0 Å². The van der Waals surface area contributed by atoms with Crippen molar-refractivity contribution in [1.29, 1.82) is 0 Å². The zero-order valence-electron chi connectivity index (χ0n) is 10.3. The number of hydrogen-bond donors (Lipinski definition) is 1. The van der Waals surface area contributed by atoms with Crippen LogP contribution in [0.1, 0.15) is 18.4 Å². The van der Waals surface area contributed by atoms with E-state index in [2.05, 4.69) is 5.32 Å². The van der Waals surface area contributed by atoms with E-state index in [9.17, 15) is 9.59 Å². The summed E-state index contributed by atoms with van der Waals surface area (Å²) < 4.78 is 5.05. The molecular formula is C13H16N2O3. The Morgan fingerprint density at radius 2 is 2.11 bits per heavy atom. The number of ether oxygens (including phenoxy) is 1. The van der Waals surface area contributed by atoms with Crippen LogP contribution in [-0.4, -0.2) is 30.5 Å². The van der Waals surface area contributed by atoms with Gasteiger partial charge < -0.3 is 10.1 Å². The lowest BCUT2D eigenvalue weighted by Crippen LogP contribution is -2.40. The van der Waals surface area contributed by atoms with Crippen LogP contribution in [0.2, 0.25) is 0 Å². The average Bonchev–Trinajstić information content (AvgIpc) is 2.83. The number of carbonyl (C=O) groups excluding carboxylic acids is 2. The molecule has 1 aliphatic heterocycles. The fourth-order valence-corrected chi connectivity index (χ4v) is 1.88. The van der Waals surface area contributed by atoms with Gasteiger partial charge in [0, 0.05) is 19.5 Å².